The Morgan fingerprint density at radius 2 is 1.96 bits per heavy atom. The number of ether oxygens (including phenoxy) is 1. The zero-order chi connectivity index (χ0) is 33.1. The van der Waals surface area contributed by atoms with Crippen molar-refractivity contribution in [3.05, 3.63) is 64.7 Å². The van der Waals surface area contributed by atoms with Crippen molar-refractivity contribution in [2.75, 3.05) is 38.0 Å². The number of rotatable bonds is 4. The predicted octanol–water partition coefficient (Wildman–Crippen LogP) is 6.41. The first-order valence-corrected chi connectivity index (χ1v) is 16.0. The maximum atomic E-state index is 14.1. The van der Waals surface area contributed by atoms with Crippen molar-refractivity contribution < 1.29 is 36.3 Å². The van der Waals surface area contributed by atoms with E-state index < -0.39 is 31.1 Å². The van der Waals surface area contributed by atoms with Crippen molar-refractivity contribution >= 4 is 48.2 Å². The normalized spacial score (nSPS) is 16.9. The van der Waals surface area contributed by atoms with Crippen LogP contribution in [0.1, 0.15) is 35.0 Å². The molecule has 244 valence electrons. The Morgan fingerprint density at radius 1 is 1.17 bits per heavy atom. The van der Waals surface area contributed by atoms with Crippen LogP contribution in [0.25, 0.3) is 11.3 Å². The molecular weight excluding hydrogens is 652 g/mol. The number of aryl methyl sites for hydroxylation is 1. The van der Waals surface area contributed by atoms with Crippen LogP contribution >= 0.6 is 19.2 Å². The average Bonchev–Trinajstić information content (AvgIpc) is 3.49. The molecular formula is C28H29ClF3N8O5P. The number of nitrogens with zero attached hydrogens (tertiary/aromatic N) is 5. The number of nitrogens with one attached hydrogen (secondary N) is 3. The molecule has 0 aliphatic carbocycles. The quantitative estimate of drug-likeness (QED) is 0.205. The molecule has 1 unspecified atom stereocenters. The topological polar surface area (TPSA) is 154 Å². The number of hydrogen-bond acceptors (Lipinski definition) is 11. The minimum Gasteiger partial charge on any atom is -0.493 e. The third-order valence-electron chi connectivity index (χ3n) is 6.75. The van der Waals surface area contributed by atoms with Gasteiger partial charge in [-0.15, -0.1) is 0 Å². The van der Waals surface area contributed by atoms with Crippen molar-refractivity contribution in [2.45, 2.75) is 32.2 Å². The van der Waals surface area contributed by atoms with E-state index in [0.29, 0.717) is 36.0 Å². The van der Waals surface area contributed by atoms with Crippen LogP contribution in [0.5, 0.6) is 5.75 Å². The smallest absolute Gasteiger partial charge is 0.421 e. The molecule has 1 atom stereocenters. The average molecular weight is 681 g/mol. The second kappa shape index (κ2) is 13.6. The number of anilines is 4. The van der Waals surface area contributed by atoms with Gasteiger partial charge >= 0.3 is 13.8 Å². The van der Waals surface area contributed by atoms with Gasteiger partial charge in [-0.05, 0) is 37.1 Å². The molecule has 18 heteroatoms. The minimum absolute atomic E-state index is 0.0337. The first kappa shape index (κ1) is 33.1. The summed E-state index contributed by atoms with van der Waals surface area (Å²) in [6.45, 7) is 2.29. The number of alkyl halides is 3. The molecule has 0 saturated heterocycles. The first-order valence-electron chi connectivity index (χ1n) is 13.9. The third kappa shape index (κ3) is 7.25. The number of carbonyl (C=O) groups is 1. The molecule has 1 aromatic carbocycles. The van der Waals surface area contributed by atoms with Gasteiger partial charge in [0, 0.05) is 31.5 Å². The second-order valence-electron chi connectivity index (χ2n) is 9.86. The summed E-state index contributed by atoms with van der Waals surface area (Å²) < 4.78 is 74.2. The van der Waals surface area contributed by atoms with Crippen LogP contribution in [0.3, 0.4) is 0 Å². The third-order valence-corrected chi connectivity index (χ3v) is 9.12. The summed E-state index contributed by atoms with van der Waals surface area (Å²) in [4.78, 5) is 25.2. The largest absolute Gasteiger partial charge is 0.493 e. The van der Waals surface area contributed by atoms with Crippen LogP contribution in [-0.4, -0.2) is 58.0 Å². The van der Waals surface area contributed by atoms with Gasteiger partial charge in [0.15, 0.2) is 11.4 Å². The standard InChI is InChI=1S/C28H29ClF3N8O5P/c1-4-44-46(42)15-16-6-7-21(24(43-3)22(16)29)38-27-34-13-18(28(30,31)32)25(39-27)37-20-9-8-19(36-23(20)26(41)33-2)17-12-35-40(14-17)10-5-11-45-46/h6-9,12-14H,4-5,10-11,15H2,1-3H3,(H,33,41)(H2,34,37,38,39). The zero-order valence-corrected chi connectivity index (χ0v) is 26.5. The Morgan fingerprint density at radius 3 is 2.67 bits per heavy atom. The lowest BCUT2D eigenvalue weighted by Crippen LogP contribution is -2.21. The summed E-state index contributed by atoms with van der Waals surface area (Å²) in [5.41, 5.74) is 0.110. The first-order chi connectivity index (χ1) is 21.9. The fraction of sp³-hybridized carbons (Fsp3) is 0.321. The van der Waals surface area contributed by atoms with Crippen molar-refractivity contribution in [1.29, 1.82) is 0 Å². The highest BCUT2D eigenvalue weighted by atomic mass is 35.5. The minimum atomic E-state index is -4.85. The lowest BCUT2D eigenvalue weighted by atomic mass is 10.1. The lowest BCUT2D eigenvalue weighted by molar-refractivity contribution is -0.137. The van der Waals surface area contributed by atoms with Gasteiger partial charge in [-0.2, -0.15) is 23.3 Å². The molecule has 7 heterocycles. The molecule has 4 aromatic rings. The molecule has 0 fully saturated rings. The van der Waals surface area contributed by atoms with Gasteiger partial charge in [0.05, 0.1) is 54.8 Å². The molecule has 0 radical (unpaired) electrons. The Labute approximate surface area is 266 Å². The summed E-state index contributed by atoms with van der Waals surface area (Å²) >= 11 is 6.65. The number of aromatic nitrogens is 5. The van der Waals surface area contributed by atoms with Gasteiger partial charge in [0.25, 0.3) is 5.91 Å². The number of hydrogen-bond donors (Lipinski definition) is 3. The zero-order valence-electron chi connectivity index (χ0n) is 24.8. The van der Waals surface area contributed by atoms with Gasteiger partial charge in [0.2, 0.25) is 5.95 Å². The maximum absolute atomic E-state index is 14.1. The number of halogens is 4. The van der Waals surface area contributed by atoms with E-state index in [4.69, 9.17) is 25.4 Å². The molecule has 3 aromatic heterocycles. The van der Waals surface area contributed by atoms with Crippen LogP contribution in [0.2, 0.25) is 5.02 Å². The number of amides is 1. The summed E-state index contributed by atoms with van der Waals surface area (Å²) in [5, 5.41) is 12.3. The van der Waals surface area contributed by atoms with E-state index in [1.165, 1.54) is 38.6 Å². The van der Waals surface area contributed by atoms with Crippen molar-refractivity contribution in [2.24, 2.45) is 0 Å². The molecule has 8 bridgehead atoms. The number of carbonyl (C=O) groups excluding carboxylic acids is 1. The summed E-state index contributed by atoms with van der Waals surface area (Å²) in [5.74, 6) is -1.45. The molecule has 8 rings (SSSR count). The summed E-state index contributed by atoms with van der Waals surface area (Å²) in [7, 11) is -0.944. The molecule has 13 nitrogen and oxygen atoms in total. The monoisotopic (exact) mass is 680 g/mol. The van der Waals surface area contributed by atoms with E-state index >= 15 is 0 Å². The fourth-order valence-electron chi connectivity index (χ4n) is 4.60. The highest BCUT2D eigenvalue weighted by molar-refractivity contribution is 7.53. The summed E-state index contributed by atoms with van der Waals surface area (Å²) in [6, 6.07) is 6.04. The van der Waals surface area contributed by atoms with Crippen LogP contribution in [0.15, 0.2) is 42.9 Å². The van der Waals surface area contributed by atoms with Crippen molar-refractivity contribution in [3.8, 4) is 17.0 Å². The molecule has 0 spiro atoms. The highest BCUT2D eigenvalue weighted by Crippen LogP contribution is 2.53. The maximum Gasteiger partial charge on any atom is 0.421 e. The van der Waals surface area contributed by atoms with E-state index in [1.54, 1.807) is 23.9 Å². The molecule has 4 aliphatic heterocycles. The highest BCUT2D eigenvalue weighted by Gasteiger charge is 2.36. The van der Waals surface area contributed by atoms with E-state index in [2.05, 4.69) is 36.0 Å². The van der Waals surface area contributed by atoms with E-state index in [0.717, 1.165) is 0 Å². The van der Waals surface area contributed by atoms with Gasteiger partial charge in [-0.25, -0.2) is 9.97 Å². The van der Waals surface area contributed by atoms with E-state index in [1.807, 2.05) is 0 Å². The fourth-order valence-corrected chi connectivity index (χ4v) is 6.74. The Hall–Kier alpha value is -4.24. The molecule has 1 amide bonds. The molecule has 46 heavy (non-hydrogen) atoms. The number of methoxy groups -OCH3 is 1. The Kier molecular flexibility index (Phi) is 9.82. The van der Waals surface area contributed by atoms with Crippen LogP contribution in [0.4, 0.5) is 36.3 Å². The van der Waals surface area contributed by atoms with Crippen LogP contribution in [0, 0.1) is 0 Å². The Bertz CT molecular complexity index is 1810. The predicted molar refractivity (Wildman–Crippen MR) is 164 cm³/mol. The lowest BCUT2D eigenvalue weighted by Gasteiger charge is -2.20. The number of pyridine rings is 1. The SMILES string of the molecule is CCOP1(=O)Cc2ccc(c(OC)c2Cl)Nc2ncc(C(F)(F)F)c(n2)Nc2ccc(nc2C(=O)NC)-c2cnn(c2)CCCO1. The van der Waals surface area contributed by atoms with E-state index in [9.17, 15) is 22.5 Å². The molecule has 3 N–H and O–H groups in total. The molecule has 4 aliphatic rings. The van der Waals surface area contributed by atoms with Gasteiger partial charge in [-0.1, -0.05) is 17.7 Å². The van der Waals surface area contributed by atoms with Crippen molar-refractivity contribution in [1.82, 2.24) is 30.0 Å². The Balaban J connectivity index is 1.65. The van der Waals surface area contributed by atoms with Gasteiger partial charge in [0.1, 0.15) is 11.4 Å². The number of benzene rings is 1. The van der Waals surface area contributed by atoms with Crippen LogP contribution < -0.4 is 20.7 Å². The van der Waals surface area contributed by atoms with Gasteiger partial charge < -0.3 is 29.7 Å². The van der Waals surface area contributed by atoms with Gasteiger partial charge in [-0.3, -0.25) is 14.0 Å². The summed E-state index contributed by atoms with van der Waals surface area (Å²) in [6.07, 6.45) is -0.758. The van der Waals surface area contributed by atoms with Crippen molar-refractivity contribution in [3.63, 3.8) is 0 Å². The van der Waals surface area contributed by atoms with Crippen LogP contribution in [-0.2, 0) is 32.5 Å². The van der Waals surface area contributed by atoms with E-state index in [-0.39, 0.29) is 53.2 Å². The second-order valence-corrected chi connectivity index (χ2v) is 12.3. The molecule has 0 saturated carbocycles.